The molecule has 3 heterocycles. The van der Waals surface area contributed by atoms with Crippen molar-refractivity contribution < 1.29 is 9.90 Å². The van der Waals surface area contributed by atoms with E-state index in [1.807, 2.05) is 12.1 Å². The third-order valence-electron chi connectivity index (χ3n) is 3.56. The highest BCUT2D eigenvalue weighted by atomic mass is 16.4. The van der Waals surface area contributed by atoms with Crippen molar-refractivity contribution in [3.8, 4) is 0 Å². The Balaban J connectivity index is 1.88. The van der Waals surface area contributed by atoms with Crippen LogP contribution in [0, 0.1) is 0 Å². The molecule has 0 amide bonds. The number of nitrogens with zero attached hydrogens (tertiary/aromatic N) is 5. The van der Waals surface area contributed by atoms with Gasteiger partial charge in [-0.2, -0.15) is 4.52 Å². The number of aryl methyl sites for hydroxylation is 1. The Labute approximate surface area is 116 Å². The molecule has 1 N–H and O–H groups in total. The molecular formula is C13H17N5O2. The van der Waals surface area contributed by atoms with Gasteiger partial charge in [-0.25, -0.2) is 0 Å². The highest BCUT2D eigenvalue weighted by molar-refractivity contribution is 5.66. The normalized spacial score (nSPS) is 15.7. The van der Waals surface area contributed by atoms with E-state index in [1.54, 1.807) is 4.52 Å². The average Bonchev–Trinajstić information content (AvgIpc) is 2.88. The quantitative estimate of drug-likeness (QED) is 0.900. The number of fused-ring (bicyclic) bond motifs is 1. The fourth-order valence-corrected chi connectivity index (χ4v) is 2.49. The van der Waals surface area contributed by atoms with E-state index in [2.05, 4.69) is 20.2 Å². The zero-order chi connectivity index (χ0) is 13.9. The summed E-state index contributed by atoms with van der Waals surface area (Å²) in [7, 11) is 0. The second kappa shape index (κ2) is 5.44. The lowest BCUT2D eigenvalue weighted by Crippen LogP contribution is -2.30. The average molecular weight is 275 g/mol. The number of hydrogen-bond acceptors (Lipinski definition) is 5. The van der Waals surface area contributed by atoms with Gasteiger partial charge in [0.05, 0.1) is 6.42 Å². The van der Waals surface area contributed by atoms with Crippen LogP contribution in [-0.2, 0) is 11.2 Å². The molecule has 0 atom stereocenters. The summed E-state index contributed by atoms with van der Waals surface area (Å²) in [4.78, 5) is 12.9. The maximum absolute atomic E-state index is 10.7. The van der Waals surface area contributed by atoms with Crippen molar-refractivity contribution in [3.05, 3.63) is 18.0 Å². The molecular weight excluding hydrogens is 258 g/mol. The molecule has 0 unspecified atom stereocenters. The predicted molar refractivity (Wildman–Crippen MR) is 72.8 cm³/mol. The van der Waals surface area contributed by atoms with Gasteiger partial charge in [-0.3, -0.25) is 4.79 Å². The van der Waals surface area contributed by atoms with Gasteiger partial charge in [0.25, 0.3) is 0 Å². The molecule has 2 aromatic heterocycles. The van der Waals surface area contributed by atoms with Gasteiger partial charge in [-0.1, -0.05) is 0 Å². The van der Waals surface area contributed by atoms with Crippen LogP contribution in [0.2, 0.25) is 0 Å². The van der Waals surface area contributed by atoms with E-state index in [9.17, 15) is 4.79 Å². The second-order valence-electron chi connectivity index (χ2n) is 5.02. The summed E-state index contributed by atoms with van der Waals surface area (Å²) in [5, 5.41) is 21.4. The van der Waals surface area contributed by atoms with Crippen LogP contribution in [0.4, 0.5) is 5.82 Å². The zero-order valence-electron chi connectivity index (χ0n) is 11.2. The number of carboxylic acid groups (broad SMARTS) is 1. The third-order valence-corrected chi connectivity index (χ3v) is 3.56. The van der Waals surface area contributed by atoms with Crippen molar-refractivity contribution in [3.63, 3.8) is 0 Å². The summed E-state index contributed by atoms with van der Waals surface area (Å²) < 4.78 is 1.66. The monoisotopic (exact) mass is 275 g/mol. The number of aromatic nitrogens is 4. The molecule has 0 spiro atoms. The highest BCUT2D eigenvalue weighted by Crippen LogP contribution is 2.18. The minimum absolute atomic E-state index is 0.0381. The van der Waals surface area contributed by atoms with Crippen molar-refractivity contribution in [2.24, 2.45) is 0 Å². The summed E-state index contributed by atoms with van der Waals surface area (Å²) in [6, 6.07) is 3.84. The van der Waals surface area contributed by atoms with Crippen molar-refractivity contribution in [1.29, 1.82) is 0 Å². The lowest BCUT2D eigenvalue weighted by atomic mass is 10.1. The molecule has 106 valence electrons. The van der Waals surface area contributed by atoms with E-state index in [0.717, 1.165) is 18.9 Å². The van der Waals surface area contributed by atoms with Gasteiger partial charge in [0.2, 0.25) is 0 Å². The van der Waals surface area contributed by atoms with Crippen molar-refractivity contribution >= 4 is 17.4 Å². The predicted octanol–water partition coefficient (Wildman–Crippen LogP) is 1.13. The van der Waals surface area contributed by atoms with Gasteiger partial charge in [-0.05, 0) is 31.4 Å². The molecule has 1 aliphatic rings. The Bertz CT molecular complexity index is 618. The van der Waals surface area contributed by atoms with Crippen molar-refractivity contribution in [2.75, 3.05) is 18.0 Å². The maximum atomic E-state index is 10.7. The van der Waals surface area contributed by atoms with Crippen molar-refractivity contribution in [2.45, 2.75) is 32.1 Å². The minimum atomic E-state index is -0.839. The Hall–Kier alpha value is -2.18. The van der Waals surface area contributed by atoms with Crippen LogP contribution in [0.3, 0.4) is 0 Å². The lowest BCUT2D eigenvalue weighted by Gasteiger charge is -2.27. The summed E-state index contributed by atoms with van der Waals surface area (Å²) >= 11 is 0. The topological polar surface area (TPSA) is 83.6 Å². The summed E-state index contributed by atoms with van der Waals surface area (Å²) in [6.07, 6.45) is 4.03. The Morgan fingerprint density at radius 1 is 1.20 bits per heavy atom. The fraction of sp³-hybridized carbons (Fsp3) is 0.538. The Morgan fingerprint density at radius 2 is 2.00 bits per heavy atom. The zero-order valence-corrected chi connectivity index (χ0v) is 11.2. The first-order valence-electron chi connectivity index (χ1n) is 6.92. The minimum Gasteiger partial charge on any atom is -0.481 e. The number of carboxylic acids is 1. The van der Waals surface area contributed by atoms with Gasteiger partial charge in [0.1, 0.15) is 5.82 Å². The molecule has 0 saturated carbocycles. The van der Waals surface area contributed by atoms with Gasteiger partial charge in [-0.15, -0.1) is 15.3 Å². The molecule has 0 aromatic carbocycles. The SMILES string of the molecule is O=C(O)CCc1nnc2ccc(N3CCCCC3)nn12. The van der Waals surface area contributed by atoms with Gasteiger partial charge in [0.15, 0.2) is 11.5 Å². The van der Waals surface area contributed by atoms with E-state index in [-0.39, 0.29) is 6.42 Å². The smallest absolute Gasteiger partial charge is 0.303 e. The van der Waals surface area contributed by atoms with Crippen LogP contribution in [0.15, 0.2) is 12.1 Å². The number of aliphatic carboxylic acids is 1. The summed E-state index contributed by atoms with van der Waals surface area (Å²) in [6.45, 7) is 2.04. The second-order valence-corrected chi connectivity index (χ2v) is 5.02. The fourth-order valence-electron chi connectivity index (χ4n) is 2.49. The molecule has 1 fully saturated rings. The molecule has 0 aliphatic carbocycles. The molecule has 2 aromatic rings. The molecule has 7 heteroatoms. The first-order chi connectivity index (χ1) is 9.74. The van der Waals surface area contributed by atoms with Crippen LogP contribution in [0.5, 0.6) is 0 Å². The lowest BCUT2D eigenvalue weighted by molar-refractivity contribution is -0.137. The maximum Gasteiger partial charge on any atom is 0.303 e. The van der Waals surface area contributed by atoms with E-state index in [1.165, 1.54) is 19.3 Å². The number of hydrogen-bond donors (Lipinski definition) is 1. The number of anilines is 1. The van der Waals surface area contributed by atoms with Crippen LogP contribution < -0.4 is 4.90 Å². The first kappa shape index (κ1) is 12.8. The van der Waals surface area contributed by atoms with Crippen LogP contribution >= 0.6 is 0 Å². The number of rotatable bonds is 4. The third kappa shape index (κ3) is 2.56. The molecule has 3 rings (SSSR count). The van der Waals surface area contributed by atoms with E-state index >= 15 is 0 Å². The molecule has 0 radical (unpaired) electrons. The molecule has 0 bridgehead atoms. The van der Waals surface area contributed by atoms with Crippen molar-refractivity contribution in [1.82, 2.24) is 19.8 Å². The van der Waals surface area contributed by atoms with E-state index in [4.69, 9.17) is 5.11 Å². The van der Waals surface area contributed by atoms with Gasteiger partial charge < -0.3 is 10.0 Å². The molecule has 7 nitrogen and oxygen atoms in total. The van der Waals surface area contributed by atoms with Crippen LogP contribution in [0.1, 0.15) is 31.5 Å². The van der Waals surface area contributed by atoms with Gasteiger partial charge in [0, 0.05) is 19.5 Å². The molecule has 1 saturated heterocycles. The number of piperidine rings is 1. The standard InChI is InChI=1S/C13H17N5O2/c19-13(20)7-6-11-15-14-10-4-5-12(16-18(10)11)17-8-2-1-3-9-17/h4-5H,1-3,6-9H2,(H,19,20). The van der Waals surface area contributed by atoms with E-state index in [0.29, 0.717) is 17.9 Å². The largest absolute Gasteiger partial charge is 0.481 e. The molecule has 1 aliphatic heterocycles. The Morgan fingerprint density at radius 3 is 2.75 bits per heavy atom. The number of carbonyl (C=O) groups is 1. The Kier molecular flexibility index (Phi) is 3.49. The summed E-state index contributed by atoms with van der Waals surface area (Å²) in [5.41, 5.74) is 0.658. The van der Waals surface area contributed by atoms with Gasteiger partial charge >= 0.3 is 5.97 Å². The highest BCUT2D eigenvalue weighted by Gasteiger charge is 2.15. The first-order valence-corrected chi connectivity index (χ1v) is 6.92. The van der Waals surface area contributed by atoms with E-state index < -0.39 is 5.97 Å². The van der Waals surface area contributed by atoms with Crippen LogP contribution in [-0.4, -0.2) is 44.0 Å². The molecule has 20 heavy (non-hydrogen) atoms. The van der Waals surface area contributed by atoms with Crippen LogP contribution in [0.25, 0.3) is 5.65 Å². The summed E-state index contributed by atoms with van der Waals surface area (Å²) in [5.74, 6) is 0.670.